The third-order valence-electron chi connectivity index (χ3n) is 7.04. The molecule has 5 aromatic rings. The van der Waals surface area contributed by atoms with Crippen molar-refractivity contribution in [3.8, 4) is 11.3 Å². The third-order valence-corrected chi connectivity index (χ3v) is 9.30. The minimum atomic E-state index is -4.55. The van der Waals surface area contributed by atoms with Crippen LogP contribution in [0.25, 0.3) is 23.4 Å². The van der Waals surface area contributed by atoms with Crippen LogP contribution in [0.1, 0.15) is 38.4 Å². The van der Waals surface area contributed by atoms with Gasteiger partial charge in [0.25, 0.3) is 0 Å². The molecule has 4 aromatic carbocycles. The molecule has 0 fully saturated rings. The monoisotopic (exact) mass is 684 g/mol. The maximum atomic E-state index is 12.9. The van der Waals surface area contributed by atoms with E-state index in [-0.39, 0.29) is 10.6 Å². The van der Waals surface area contributed by atoms with Gasteiger partial charge in [-0.1, -0.05) is 65.7 Å². The minimum Gasteiger partial charge on any atom is -0.465 e. The number of imidazole rings is 1. The number of ether oxygens (including phenoxy) is 1. The molecule has 6 nitrogen and oxygen atoms in total. The first-order valence-corrected chi connectivity index (χ1v) is 16.1. The van der Waals surface area contributed by atoms with Crippen molar-refractivity contribution in [2.75, 3.05) is 7.11 Å². The van der Waals surface area contributed by atoms with E-state index < -0.39 is 27.5 Å². The molecule has 1 aromatic heterocycles. The Kier molecular flexibility index (Phi) is 9.71. The van der Waals surface area contributed by atoms with E-state index in [0.717, 1.165) is 35.4 Å². The summed E-state index contributed by atoms with van der Waals surface area (Å²) in [5.74, 6) is -0.195. The van der Waals surface area contributed by atoms with Crippen molar-refractivity contribution < 1.29 is 31.1 Å². The molecule has 12 heteroatoms. The molecule has 0 aliphatic carbocycles. The van der Waals surface area contributed by atoms with Crippen molar-refractivity contribution in [2.24, 2.45) is 0 Å². The zero-order valence-electron chi connectivity index (χ0n) is 24.1. The number of halogens is 5. The first-order chi connectivity index (χ1) is 21.8. The van der Waals surface area contributed by atoms with Crippen LogP contribution in [0.3, 0.4) is 0 Å². The van der Waals surface area contributed by atoms with E-state index >= 15 is 0 Å². The zero-order valence-corrected chi connectivity index (χ0v) is 26.5. The number of carbonyl (C=O) groups is 1. The Morgan fingerprint density at radius 3 is 2.15 bits per heavy atom. The topological polar surface area (TPSA) is 78.3 Å². The number of aromatic nitrogens is 2. The number of methoxy groups -OCH3 is 1. The number of hydrogen-bond donors (Lipinski definition) is 0. The number of rotatable bonds is 9. The molecule has 0 atom stereocenters. The van der Waals surface area contributed by atoms with Gasteiger partial charge in [-0.25, -0.2) is 18.2 Å². The molecule has 5 rings (SSSR count). The summed E-state index contributed by atoms with van der Waals surface area (Å²) in [4.78, 5) is 16.4. The second-order valence-corrected chi connectivity index (χ2v) is 13.1. The van der Waals surface area contributed by atoms with Gasteiger partial charge in [0.05, 0.1) is 39.6 Å². The quantitative estimate of drug-likeness (QED) is 0.145. The lowest BCUT2D eigenvalue weighted by molar-refractivity contribution is -0.137. The van der Waals surface area contributed by atoms with E-state index in [4.69, 9.17) is 32.9 Å². The molecule has 0 N–H and O–H groups in total. The highest BCUT2D eigenvalue weighted by Gasteiger charge is 2.30. The van der Waals surface area contributed by atoms with Crippen molar-refractivity contribution in [3.05, 3.63) is 141 Å². The lowest BCUT2D eigenvalue weighted by Crippen LogP contribution is -2.08. The average Bonchev–Trinajstić information content (AvgIpc) is 3.42. The molecular formula is C34H25Cl2F3N2O4S. The molecule has 1 heterocycles. The highest BCUT2D eigenvalue weighted by molar-refractivity contribution is 7.90. The van der Waals surface area contributed by atoms with Crippen LogP contribution in [0.15, 0.2) is 102 Å². The number of sulfone groups is 1. The van der Waals surface area contributed by atoms with Gasteiger partial charge in [-0.05, 0) is 77.4 Å². The molecule has 0 radical (unpaired) electrons. The first kappa shape index (κ1) is 33.0. The fourth-order valence-corrected chi connectivity index (χ4v) is 6.48. The van der Waals surface area contributed by atoms with Crippen LogP contribution in [0.4, 0.5) is 13.2 Å². The van der Waals surface area contributed by atoms with E-state index in [2.05, 4.69) is 0 Å². The molecule has 0 aliphatic heterocycles. The smallest absolute Gasteiger partial charge is 0.416 e. The predicted molar refractivity (Wildman–Crippen MR) is 172 cm³/mol. The summed E-state index contributed by atoms with van der Waals surface area (Å²) < 4.78 is 71.0. The summed E-state index contributed by atoms with van der Waals surface area (Å²) in [5.41, 5.74) is 2.99. The van der Waals surface area contributed by atoms with Crippen LogP contribution in [0.2, 0.25) is 10.0 Å². The van der Waals surface area contributed by atoms with Crippen molar-refractivity contribution in [1.82, 2.24) is 9.55 Å². The van der Waals surface area contributed by atoms with Crippen LogP contribution in [-0.2, 0) is 33.0 Å². The van der Waals surface area contributed by atoms with Gasteiger partial charge in [0.1, 0.15) is 5.82 Å². The molecule has 0 saturated carbocycles. The Labute approximate surface area is 273 Å². The second-order valence-electron chi connectivity index (χ2n) is 10.3. The maximum absolute atomic E-state index is 12.9. The summed E-state index contributed by atoms with van der Waals surface area (Å²) in [7, 11) is -2.54. The van der Waals surface area contributed by atoms with Crippen molar-refractivity contribution >= 4 is 51.2 Å². The number of hydrogen-bond acceptors (Lipinski definition) is 5. The van der Waals surface area contributed by atoms with Crippen molar-refractivity contribution in [2.45, 2.75) is 23.4 Å². The van der Waals surface area contributed by atoms with Crippen molar-refractivity contribution in [1.29, 1.82) is 0 Å². The van der Waals surface area contributed by atoms with E-state index in [1.165, 1.54) is 7.11 Å². The van der Waals surface area contributed by atoms with Crippen LogP contribution < -0.4 is 0 Å². The molecule has 0 amide bonds. The van der Waals surface area contributed by atoms with Crippen molar-refractivity contribution in [3.63, 3.8) is 0 Å². The standard InChI is InChI=1S/C34H25Cl2F3N2O4S/c1-45-33(42)25-9-6-23(7-10-25)19-41-20-31(29-16-13-27(35)18-30(29)36)40-32(41)17-8-22-2-4-24(5-3-22)21-46(43,44)28-14-11-26(12-15-28)34(37,38)39/h2-18,20H,19,21H2,1H3/b17-8+. The molecule has 0 spiro atoms. The molecule has 236 valence electrons. The van der Waals surface area contributed by atoms with E-state index in [1.54, 1.807) is 54.6 Å². The van der Waals surface area contributed by atoms with E-state index in [9.17, 15) is 26.4 Å². The van der Waals surface area contributed by atoms with Gasteiger partial charge in [0.15, 0.2) is 9.84 Å². The highest BCUT2D eigenvalue weighted by atomic mass is 35.5. The number of carbonyl (C=O) groups excluding carboxylic acids is 1. The number of alkyl halides is 3. The van der Waals surface area contributed by atoms with Gasteiger partial charge in [0, 0.05) is 23.3 Å². The van der Waals surface area contributed by atoms with Gasteiger partial charge in [-0.2, -0.15) is 13.2 Å². The summed E-state index contributed by atoms with van der Waals surface area (Å²) in [6.07, 6.45) is 0.938. The highest BCUT2D eigenvalue weighted by Crippen LogP contribution is 2.32. The maximum Gasteiger partial charge on any atom is 0.416 e. The van der Waals surface area contributed by atoms with Gasteiger partial charge < -0.3 is 9.30 Å². The molecule has 0 aliphatic rings. The Bertz CT molecular complexity index is 2010. The Balaban J connectivity index is 1.37. The van der Waals surface area contributed by atoms with E-state index in [0.29, 0.717) is 44.8 Å². The average molecular weight is 686 g/mol. The van der Waals surface area contributed by atoms with Crippen LogP contribution in [-0.4, -0.2) is 31.0 Å². The minimum absolute atomic E-state index is 0.187. The van der Waals surface area contributed by atoms with Crippen LogP contribution in [0.5, 0.6) is 0 Å². The van der Waals surface area contributed by atoms with Gasteiger partial charge in [-0.3, -0.25) is 0 Å². The normalized spacial score (nSPS) is 12.0. The summed E-state index contributed by atoms with van der Waals surface area (Å²) in [6, 6.07) is 22.4. The van der Waals surface area contributed by atoms with Gasteiger partial charge in [0.2, 0.25) is 0 Å². The summed E-state index contributed by atoms with van der Waals surface area (Å²) in [6.45, 7) is 0.431. The molecule has 46 heavy (non-hydrogen) atoms. The second kappa shape index (κ2) is 13.5. The first-order valence-electron chi connectivity index (χ1n) is 13.7. The Morgan fingerprint density at radius 2 is 1.54 bits per heavy atom. The fraction of sp³-hybridized carbons (Fsp3) is 0.118. The Hall–Kier alpha value is -4.38. The van der Waals surface area contributed by atoms with Gasteiger partial charge in [-0.15, -0.1) is 0 Å². The Morgan fingerprint density at radius 1 is 0.891 bits per heavy atom. The summed E-state index contributed by atoms with van der Waals surface area (Å²) >= 11 is 12.5. The van der Waals surface area contributed by atoms with Gasteiger partial charge >= 0.3 is 12.1 Å². The SMILES string of the molecule is COC(=O)c1ccc(Cn2cc(-c3ccc(Cl)cc3Cl)nc2/C=C/c2ccc(CS(=O)(=O)c3ccc(C(F)(F)F)cc3)cc2)cc1. The predicted octanol–water partition coefficient (Wildman–Crippen LogP) is 8.85. The number of esters is 1. The fourth-order valence-electron chi connectivity index (χ4n) is 4.63. The lowest BCUT2D eigenvalue weighted by atomic mass is 10.1. The third kappa shape index (κ3) is 7.88. The number of benzene rings is 4. The van der Waals surface area contributed by atoms with Crippen LogP contribution in [0, 0.1) is 0 Å². The molecular weight excluding hydrogens is 660 g/mol. The largest absolute Gasteiger partial charge is 0.465 e. The summed E-state index contributed by atoms with van der Waals surface area (Å²) in [5, 5.41) is 0.937. The molecule has 0 unspecified atom stereocenters. The number of nitrogens with zero attached hydrogens (tertiary/aromatic N) is 2. The zero-order chi connectivity index (χ0) is 33.1. The lowest BCUT2D eigenvalue weighted by Gasteiger charge is -2.09. The van der Waals surface area contributed by atoms with E-state index in [1.807, 2.05) is 35.0 Å². The van der Waals surface area contributed by atoms with Crippen LogP contribution >= 0.6 is 23.2 Å². The molecule has 0 saturated heterocycles. The molecule has 0 bridgehead atoms.